The van der Waals surface area contributed by atoms with Gasteiger partial charge in [-0.1, -0.05) is 29.8 Å². The van der Waals surface area contributed by atoms with Crippen molar-refractivity contribution in [2.45, 2.75) is 31.6 Å². The molecule has 1 saturated heterocycles. The molecule has 0 aliphatic carbocycles. The van der Waals surface area contributed by atoms with Crippen LogP contribution in [0.25, 0.3) is 0 Å². The van der Waals surface area contributed by atoms with Gasteiger partial charge in [-0.15, -0.1) is 0 Å². The molecule has 0 amide bonds. The van der Waals surface area contributed by atoms with Crippen molar-refractivity contribution in [3.05, 3.63) is 28.7 Å². The van der Waals surface area contributed by atoms with Gasteiger partial charge in [0, 0.05) is 24.1 Å². The molecule has 124 valence electrons. The lowest BCUT2D eigenvalue weighted by atomic mass is 9.92. The average molecular weight is 389 g/mol. The minimum atomic E-state index is -3.39. The SMILES string of the molecule is CC1CC(C)CN(CCCNS(=O)(=O)c2ccc(Br)cc2)C1. The summed E-state index contributed by atoms with van der Waals surface area (Å²) in [7, 11) is -3.39. The first-order chi connectivity index (χ1) is 10.4. The summed E-state index contributed by atoms with van der Waals surface area (Å²) in [4.78, 5) is 2.77. The van der Waals surface area contributed by atoms with Crippen molar-refractivity contribution in [1.82, 2.24) is 9.62 Å². The largest absolute Gasteiger partial charge is 0.303 e. The monoisotopic (exact) mass is 388 g/mol. The molecule has 2 rings (SSSR count). The molecule has 0 radical (unpaired) electrons. The second-order valence-electron chi connectivity index (χ2n) is 6.41. The third kappa shape index (κ3) is 5.33. The van der Waals surface area contributed by atoms with Crippen LogP contribution in [0.4, 0.5) is 0 Å². The van der Waals surface area contributed by atoms with E-state index in [2.05, 4.69) is 39.4 Å². The molecule has 2 unspecified atom stereocenters. The van der Waals surface area contributed by atoms with Gasteiger partial charge in [0.1, 0.15) is 0 Å². The van der Waals surface area contributed by atoms with Crippen molar-refractivity contribution in [2.24, 2.45) is 11.8 Å². The molecular weight excluding hydrogens is 364 g/mol. The standard InChI is InChI=1S/C16H25BrN2O2S/c1-13-10-14(2)12-19(11-13)9-3-8-18-22(20,21)16-6-4-15(17)5-7-16/h4-7,13-14,18H,3,8-12H2,1-2H3. The lowest BCUT2D eigenvalue weighted by Crippen LogP contribution is -2.40. The molecule has 6 heteroatoms. The van der Waals surface area contributed by atoms with E-state index in [9.17, 15) is 8.42 Å². The summed E-state index contributed by atoms with van der Waals surface area (Å²) >= 11 is 3.31. The number of sulfonamides is 1. The van der Waals surface area contributed by atoms with Crippen LogP contribution in [-0.2, 0) is 10.0 Å². The Kier molecular flexibility index (Phi) is 6.44. The van der Waals surface area contributed by atoms with E-state index < -0.39 is 10.0 Å². The molecule has 0 spiro atoms. The van der Waals surface area contributed by atoms with Gasteiger partial charge in [-0.3, -0.25) is 0 Å². The van der Waals surface area contributed by atoms with Gasteiger partial charge in [-0.2, -0.15) is 0 Å². The van der Waals surface area contributed by atoms with Crippen LogP contribution in [0.2, 0.25) is 0 Å². The molecule has 1 aliphatic heterocycles. The van der Waals surface area contributed by atoms with Crippen molar-refractivity contribution in [2.75, 3.05) is 26.2 Å². The highest BCUT2D eigenvalue weighted by molar-refractivity contribution is 9.10. The Morgan fingerprint density at radius 3 is 2.36 bits per heavy atom. The minimum absolute atomic E-state index is 0.316. The number of benzene rings is 1. The zero-order chi connectivity index (χ0) is 16.2. The molecule has 1 aromatic rings. The Morgan fingerprint density at radius 2 is 1.77 bits per heavy atom. The molecule has 1 aliphatic rings. The normalized spacial score (nSPS) is 23.6. The smallest absolute Gasteiger partial charge is 0.240 e. The van der Waals surface area contributed by atoms with Crippen molar-refractivity contribution >= 4 is 26.0 Å². The number of piperidine rings is 1. The number of likely N-dealkylation sites (tertiary alicyclic amines) is 1. The van der Waals surface area contributed by atoms with E-state index >= 15 is 0 Å². The van der Waals surface area contributed by atoms with Crippen molar-refractivity contribution < 1.29 is 8.42 Å². The lowest BCUT2D eigenvalue weighted by molar-refractivity contribution is 0.140. The first kappa shape index (κ1) is 17.9. The minimum Gasteiger partial charge on any atom is -0.303 e. The fraction of sp³-hybridized carbons (Fsp3) is 0.625. The molecule has 1 heterocycles. The van der Waals surface area contributed by atoms with E-state index in [0.717, 1.165) is 42.4 Å². The number of nitrogens with zero attached hydrogens (tertiary/aromatic N) is 1. The van der Waals surface area contributed by atoms with Gasteiger partial charge in [0.2, 0.25) is 10.0 Å². The number of nitrogens with one attached hydrogen (secondary N) is 1. The van der Waals surface area contributed by atoms with E-state index in [1.165, 1.54) is 6.42 Å². The van der Waals surface area contributed by atoms with Crippen LogP contribution in [0, 0.1) is 11.8 Å². The number of halogens is 1. The summed E-state index contributed by atoms with van der Waals surface area (Å²) in [5.74, 6) is 1.48. The molecule has 0 saturated carbocycles. The summed E-state index contributed by atoms with van der Waals surface area (Å²) in [5.41, 5.74) is 0. The van der Waals surface area contributed by atoms with Gasteiger partial charge in [0.25, 0.3) is 0 Å². The predicted molar refractivity (Wildman–Crippen MR) is 93.3 cm³/mol. The van der Waals surface area contributed by atoms with E-state index in [0.29, 0.717) is 11.4 Å². The van der Waals surface area contributed by atoms with Gasteiger partial charge in [0.05, 0.1) is 4.90 Å². The second kappa shape index (κ2) is 7.90. The van der Waals surface area contributed by atoms with E-state index in [1.54, 1.807) is 24.3 Å². The van der Waals surface area contributed by atoms with Gasteiger partial charge in [-0.05, 0) is 55.5 Å². The van der Waals surface area contributed by atoms with E-state index in [4.69, 9.17) is 0 Å². The maximum absolute atomic E-state index is 12.2. The van der Waals surface area contributed by atoms with Crippen molar-refractivity contribution in [1.29, 1.82) is 0 Å². The van der Waals surface area contributed by atoms with Crippen LogP contribution in [0.1, 0.15) is 26.7 Å². The van der Waals surface area contributed by atoms with Crippen LogP contribution < -0.4 is 4.72 Å². The zero-order valence-corrected chi connectivity index (χ0v) is 15.7. The first-order valence-electron chi connectivity index (χ1n) is 7.84. The second-order valence-corrected chi connectivity index (χ2v) is 9.09. The molecule has 0 aromatic heterocycles. The molecule has 22 heavy (non-hydrogen) atoms. The molecular formula is C16H25BrN2O2S. The van der Waals surface area contributed by atoms with Crippen molar-refractivity contribution in [3.8, 4) is 0 Å². The van der Waals surface area contributed by atoms with Gasteiger partial charge < -0.3 is 4.90 Å². The summed E-state index contributed by atoms with van der Waals surface area (Å²) in [6, 6.07) is 6.71. The van der Waals surface area contributed by atoms with Crippen LogP contribution >= 0.6 is 15.9 Å². The molecule has 1 aromatic carbocycles. The summed E-state index contributed by atoms with van der Waals surface area (Å²) < 4.78 is 27.9. The number of hydrogen-bond donors (Lipinski definition) is 1. The first-order valence-corrected chi connectivity index (χ1v) is 10.1. The maximum atomic E-state index is 12.2. The Bertz CT molecular complexity index is 564. The van der Waals surface area contributed by atoms with Gasteiger partial charge >= 0.3 is 0 Å². The molecule has 2 atom stereocenters. The highest BCUT2D eigenvalue weighted by Crippen LogP contribution is 2.20. The Labute approximate surface area is 142 Å². The third-order valence-corrected chi connectivity index (χ3v) is 6.02. The van der Waals surface area contributed by atoms with Crippen LogP contribution in [-0.4, -0.2) is 39.5 Å². The van der Waals surface area contributed by atoms with Crippen LogP contribution in [0.5, 0.6) is 0 Å². The molecule has 1 N–H and O–H groups in total. The molecule has 1 fully saturated rings. The fourth-order valence-electron chi connectivity index (χ4n) is 3.18. The summed E-state index contributed by atoms with van der Waals surface area (Å²) in [5, 5.41) is 0. The number of rotatable bonds is 6. The van der Waals surface area contributed by atoms with Crippen LogP contribution in [0.3, 0.4) is 0 Å². The molecule has 0 bridgehead atoms. The van der Waals surface area contributed by atoms with Crippen LogP contribution in [0.15, 0.2) is 33.6 Å². The maximum Gasteiger partial charge on any atom is 0.240 e. The quantitative estimate of drug-likeness (QED) is 0.761. The predicted octanol–water partition coefficient (Wildman–Crippen LogP) is 3.10. The van der Waals surface area contributed by atoms with Gasteiger partial charge in [0.15, 0.2) is 0 Å². The Morgan fingerprint density at radius 1 is 1.18 bits per heavy atom. The highest BCUT2D eigenvalue weighted by atomic mass is 79.9. The molecule has 4 nitrogen and oxygen atoms in total. The number of hydrogen-bond acceptors (Lipinski definition) is 3. The van der Waals surface area contributed by atoms with Gasteiger partial charge in [-0.25, -0.2) is 13.1 Å². The summed E-state index contributed by atoms with van der Waals surface area (Å²) in [6.07, 6.45) is 2.14. The van der Waals surface area contributed by atoms with E-state index in [-0.39, 0.29) is 0 Å². The Hall–Kier alpha value is -0.430. The lowest BCUT2D eigenvalue weighted by Gasteiger charge is -2.34. The summed E-state index contributed by atoms with van der Waals surface area (Å²) in [6.45, 7) is 8.28. The highest BCUT2D eigenvalue weighted by Gasteiger charge is 2.21. The third-order valence-electron chi connectivity index (χ3n) is 4.01. The topological polar surface area (TPSA) is 49.4 Å². The average Bonchev–Trinajstić information content (AvgIpc) is 2.43. The van der Waals surface area contributed by atoms with E-state index in [1.807, 2.05) is 0 Å². The fourth-order valence-corrected chi connectivity index (χ4v) is 4.52. The zero-order valence-electron chi connectivity index (χ0n) is 13.3. The van der Waals surface area contributed by atoms with Crippen molar-refractivity contribution in [3.63, 3.8) is 0 Å². The Balaban J connectivity index is 1.77.